The molecule has 1 aliphatic rings. The van der Waals surface area contributed by atoms with Crippen molar-refractivity contribution in [3.8, 4) is 50.8 Å². The van der Waals surface area contributed by atoms with E-state index < -0.39 is 0 Å². The molecule has 0 aliphatic heterocycles. The van der Waals surface area contributed by atoms with Crippen LogP contribution in [0.15, 0.2) is 97.1 Å². The van der Waals surface area contributed by atoms with E-state index in [1.165, 1.54) is 22.3 Å². The molecule has 166 valence electrons. The summed E-state index contributed by atoms with van der Waals surface area (Å²) in [6.07, 6.45) is 1.71. The van der Waals surface area contributed by atoms with Gasteiger partial charge in [-0.25, -0.2) is 9.97 Å². The normalized spacial score (nSPS) is 11.9. The molecule has 0 radical (unpaired) electrons. The first kappa shape index (κ1) is 21.0. The Balaban J connectivity index is 1.68. The number of nitriles is 1. The SMILES string of the molecule is Cc1nc(C#N)c(-c2ccccc2)c2c1-c1nc(-c3ccccc3)cc(-c3ccccc3)c1CC2. The second-order valence-electron chi connectivity index (χ2n) is 8.87. The monoisotopic (exact) mass is 449 g/mol. The third-order valence-electron chi connectivity index (χ3n) is 6.79. The molecule has 0 atom stereocenters. The number of pyridine rings is 2. The lowest BCUT2D eigenvalue weighted by Gasteiger charge is -2.27. The molecule has 0 N–H and O–H groups in total. The van der Waals surface area contributed by atoms with Gasteiger partial charge in [0.1, 0.15) is 11.8 Å². The van der Waals surface area contributed by atoms with Gasteiger partial charge in [0.25, 0.3) is 0 Å². The summed E-state index contributed by atoms with van der Waals surface area (Å²) in [5.41, 5.74) is 12.2. The molecule has 0 amide bonds. The van der Waals surface area contributed by atoms with Crippen molar-refractivity contribution < 1.29 is 0 Å². The van der Waals surface area contributed by atoms with Crippen LogP contribution in [0.1, 0.15) is 22.5 Å². The average molecular weight is 450 g/mol. The molecule has 0 saturated carbocycles. The molecule has 2 heterocycles. The summed E-state index contributed by atoms with van der Waals surface area (Å²) in [5, 5.41) is 9.96. The summed E-state index contributed by atoms with van der Waals surface area (Å²) >= 11 is 0. The van der Waals surface area contributed by atoms with Crippen LogP contribution >= 0.6 is 0 Å². The van der Waals surface area contributed by atoms with Crippen LogP contribution in [0.4, 0.5) is 0 Å². The third-order valence-corrected chi connectivity index (χ3v) is 6.79. The summed E-state index contributed by atoms with van der Waals surface area (Å²) < 4.78 is 0. The number of aryl methyl sites for hydroxylation is 1. The zero-order valence-corrected chi connectivity index (χ0v) is 19.5. The van der Waals surface area contributed by atoms with Gasteiger partial charge < -0.3 is 0 Å². The van der Waals surface area contributed by atoms with Crippen molar-refractivity contribution in [3.05, 3.63) is 120 Å². The van der Waals surface area contributed by atoms with Gasteiger partial charge in [-0.1, -0.05) is 91.0 Å². The standard InChI is InChI=1S/C32H23N3/c1-21-30-26(31(29(20-33)34-21)24-15-9-4-10-16-24)18-17-25-27(22-11-5-2-6-12-22)19-28(35-32(25)30)23-13-7-3-8-14-23/h2-16,19H,17-18H2,1H3. The van der Waals surface area contributed by atoms with Gasteiger partial charge in [0, 0.05) is 22.4 Å². The van der Waals surface area contributed by atoms with Crippen molar-refractivity contribution in [2.75, 3.05) is 0 Å². The van der Waals surface area contributed by atoms with E-state index in [0.29, 0.717) is 5.69 Å². The van der Waals surface area contributed by atoms with Crippen molar-refractivity contribution in [1.29, 1.82) is 5.26 Å². The van der Waals surface area contributed by atoms with Crippen LogP contribution in [-0.4, -0.2) is 9.97 Å². The molecule has 3 heteroatoms. The summed E-state index contributed by atoms with van der Waals surface area (Å²) in [5.74, 6) is 0. The number of benzene rings is 3. The minimum absolute atomic E-state index is 0.485. The van der Waals surface area contributed by atoms with Gasteiger partial charge in [0.15, 0.2) is 0 Å². The molecule has 3 aromatic carbocycles. The second-order valence-corrected chi connectivity index (χ2v) is 8.87. The largest absolute Gasteiger partial charge is 0.247 e. The number of aromatic nitrogens is 2. The molecule has 2 aromatic heterocycles. The summed E-state index contributed by atoms with van der Waals surface area (Å²) in [6, 6.07) is 35.6. The topological polar surface area (TPSA) is 49.6 Å². The number of hydrogen-bond acceptors (Lipinski definition) is 3. The first-order valence-electron chi connectivity index (χ1n) is 11.9. The van der Waals surface area contributed by atoms with Crippen LogP contribution in [0.3, 0.4) is 0 Å². The zero-order valence-electron chi connectivity index (χ0n) is 19.5. The highest BCUT2D eigenvalue weighted by atomic mass is 14.8. The van der Waals surface area contributed by atoms with Crippen LogP contribution in [0.2, 0.25) is 0 Å². The maximum absolute atomic E-state index is 9.96. The highest BCUT2D eigenvalue weighted by Gasteiger charge is 2.28. The van der Waals surface area contributed by atoms with E-state index >= 15 is 0 Å². The van der Waals surface area contributed by atoms with Gasteiger partial charge >= 0.3 is 0 Å². The summed E-state index contributed by atoms with van der Waals surface area (Å²) in [7, 11) is 0. The quantitative estimate of drug-likeness (QED) is 0.288. The minimum Gasteiger partial charge on any atom is -0.247 e. The molecular formula is C32H23N3. The Morgan fingerprint density at radius 3 is 1.86 bits per heavy atom. The highest BCUT2D eigenvalue weighted by molar-refractivity contribution is 5.88. The lowest BCUT2D eigenvalue weighted by molar-refractivity contribution is 0.917. The van der Waals surface area contributed by atoms with Gasteiger partial charge in [0.05, 0.1) is 11.4 Å². The molecule has 5 aromatic rings. The van der Waals surface area contributed by atoms with E-state index in [2.05, 4.69) is 60.7 Å². The molecule has 0 saturated heterocycles. The van der Waals surface area contributed by atoms with Gasteiger partial charge in [0.2, 0.25) is 0 Å². The number of fused-ring (bicyclic) bond motifs is 3. The molecule has 0 spiro atoms. The van der Waals surface area contributed by atoms with Crippen molar-refractivity contribution in [2.45, 2.75) is 19.8 Å². The van der Waals surface area contributed by atoms with Crippen LogP contribution in [0.25, 0.3) is 44.8 Å². The van der Waals surface area contributed by atoms with Crippen molar-refractivity contribution in [1.82, 2.24) is 9.97 Å². The van der Waals surface area contributed by atoms with Crippen LogP contribution in [-0.2, 0) is 12.8 Å². The maximum Gasteiger partial charge on any atom is 0.148 e. The van der Waals surface area contributed by atoms with E-state index in [0.717, 1.165) is 52.2 Å². The number of rotatable bonds is 3. The Labute approximate surface area is 205 Å². The van der Waals surface area contributed by atoms with Crippen molar-refractivity contribution in [2.24, 2.45) is 0 Å². The number of hydrogen-bond donors (Lipinski definition) is 0. The van der Waals surface area contributed by atoms with E-state index in [-0.39, 0.29) is 0 Å². The number of nitrogens with zero attached hydrogens (tertiary/aromatic N) is 3. The Kier molecular flexibility index (Phi) is 5.20. The molecule has 35 heavy (non-hydrogen) atoms. The first-order chi connectivity index (χ1) is 17.2. The van der Waals surface area contributed by atoms with Gasteiger partial charge in [-0.05, 0) is 53.6 Å². The Hall–Kier alpha value is -4.55. The van der Waals surface area contributed by atoms with Crippen LogP contribution in [0, 0.1) is 18.3 Å². The molecule has 0 unspecified atom stereocenters. The van der Waals surface area contributed by atoms with E-state index in [9.17, 15) is 5.26 Å². The minimum atomic E-state index is 0.485. The Bertz CT molecular complexity index is 1580. The predicted molar refractivity (Wildman–Crippen MR) is 141 cm³/mol. The fraction of sp³-hybridized carbons (Fsp3) is 0.0938. The highest BCUT2D eigenvalue weighted by Crippen LogP contribution is 2.44. The summed E-state index contributed by atoms with van der Waals surface area (Å²) in [4.78, 5) is 10.0. The first-order valence-corrected chi connectivity index (χ1v) is 11.9. The molecule has 0 fully saturated rings. The second kappa shape index (κ2) is 8.66. The van der Waals surface area contributed by atoms with E-state index in [1.807, 2.05) is 49.4 Å². The fourth-order valence-corrected chi connectivity index (χ4v) is 5.24. The van der Waals surface area contributed by atoms with Crippen LogP contribution < -0.4 is 0 Å². The fourth-order valence-electron chi connectivity index (χ4n) is 5.24. The third kappa shape index (κ3) is 3.61. The molecule has 3 nitrogen and oxygen atoms in total. The Morgan fingerprint density at radius 2 is 1.23 bits per heavy atom. The van der Waals surface area contributed by atoms with Gasteiger partial charge in [-0.3, -0.25) is 0 Å². The van der Waals surface area contributed by atoms with Crippen molar-refractivity contribution in [3.63, 3.8) is 0 Å². The predicted octanol–water partition coefficient (Wildman–Crippen LogP) is 7.42. The lowest BCUT2D eigenvalue weighted by Crippen LogP contribution is -2.13. The van der Waals surface area contributed by atoms with E-state index in [4.69, 9.17) is 9.97 Å². The Morgan fingerprint density at radius 1 is 0.657 bits per heavy atom. The molecule has 0 bridgehead atoms. The average Bonchev–Trinajstić information content (AvgIpc) is 2.93. The molecule has 1 aliphatic carbocycles. The zero-order chi connectivity index (χ0) is 23.8. The molecular weight excluding hydrogens is 426 g/mol. The van der Waals surface area contributed by atoms with Crippen LogP contribution in [0.5, 0.6) is 0 Å². The van der Waals surface area contributed by atoms with Gasteiger partial charge in [-0.2, -0.15) is 5.26 Å². The van der Waals surface area contributed by atoms with Crippen molar-refractivity contribution >= 4 is 0 Å². The van der Waals surface area contributed by atoms with E-state index in [1.54, 1.807) is 0 Å². The summed E-state index contributed by atoms with van der Waals surface area (Å²) in [6.45, 7) is 2.00. The lowest BCUT2D eigenvalue weighted by atomic mass is 9.80. The molecule has 6 rings (SSSR count). The van der Waals surface area contributed by atoms with Gasteiger partial charge in [-0.15, -0.1) is 0 Å². The smallest absolute Gasteiger partial charge is 0.148 e. The maximum atomic E-state index is 9.96.